The number of nitrogens with one attached hydrogen (secondary N) is 1. The van der Waals surface area contributed by atoms with Crippen LogP contribution < -0.4 is 5.32 Å². The third kappa shape index (κ3) is 5.14. The molecule has 1 atom stereocenters. The molecule has 1 aliphatic carbocycles. The summed E-state index contributed by atoms with van der Waals surface area (Å²) >= 11 is 0. The van der Waals surface area contributed by atoms with E-state index in [4.69, 9.17) is 4.74 Å². The van der Waals surface area contributed by atoms with E-state index in [0.717, 1.165) is 24.9 Å². The summed E-state index contributed by atoms with van der Waals surface area (Å²) in [4.78, 5) is 0. The fraction of sp³-hybridized carbons (Fsp3) is 0.647. The van der Waals surface area contributed by atoms with Gasteiger partial charge in [-0.25, -0.2) is 0 Å². The van der Waals surface area contributed by atoms with Crippen molar-refractivity contribution in [2.24, 2.45) is 0 Å². The summed E-state index contributed by atoms with van der Waals surface area (Å²) in [6.07, 6.45) is 7.07. The number of aryl methyl sites for hydroxylation is 1. The highest BCUT2D eigenvalue weighted by molar-refractivity contribution is 5.44. The Hall–Kier alpha value is -1.06. The molecule has 0 saturated heterocycles. The Morgan fingerprint density at radius 3 is 2.60 bits per heavy atom. The van der Waals surface area contributed by atoms with E-state index in [2.05, 4.69) is 36.5 Å². The molecule has 0 radical (unpaired) electrons. The highest BCUT2D eigenvalue weighted by Gasteiger charge is 2.16. The first-order chi connectivity index (χ1) is 9.78. The molecule has 2 N–H and O–H groups in total. The summed E-state index contributed by atoms with van der Waals surface area (Å²) in [5, 5.41) is 13.2. The highest BCUT2D eigenvalue weighted by atomic mass is 16.5. The van der Waals surface area contributed by atoms with Gasteiger partial charge in [0.2, 0.25) is 0 Å². The lowest BCUT2D eigenvalue weighted by molar-refractivity contribution is -0.00117. The van der Waals surface area contributed by atoms with Crippen LogP contribution in [0, 0.1) is 0 Å². The van der Waals surface area contributed by atoms with Crippen LogP contribution in [-0.2, 0) is 11.2 Å². The zero-order valence-corrected chi connectivity index (χ0v) is 12.5. The second kappa shape index (κ2) is 8.28. The largest absolute Gasteiger partial charge is 0.389 e. The fourth-order valence-corrected chi connectivity index (χ4v) is 2.67. The predicted molar refractivity (Wildman–Crippen MR) is 83.1 cm³/mol. The van der Waals surface area contributed by atoms with Gasteiger partial charge in [-0.1, -0.05) is 38.3 Å². The predicted octanol–water partition coefficient (Wildman–Crippen LogP) is 3.37. The van der Waals surface area contributed by atoms with Gasteiger partial charge < -0.3 is 15.2 Å². The Bertz CT molecular complexity index is 371. The Labute approximate surface area is 122 Å². The van der Waals surface area contributed by atoms with E-state index in [-0.39, 0.29) is 0 Å². The summed E-state index contributed by atoms with van der Waals surface area (Å²) in [6, 6.07) is 8.45. The van der Waals surface area contributed by atoms with E-state index in [9.17, 15) is 5.11 Å². The van der Waals surface area contributed by atoms with Crippen LogP contribution in [0.5, 0.6) is 0 Å². The number of rotatable bonds is 8. The molecule has 2 rings (SSSR count). The molecule has 1 fully saturated rings. The number of anilines is 1. The summed E-state index contributed by atoms with van der Waals surface area (Å²) in [5.74, 6) is 0. The van der Waals surface area contributed by atoms with Gasteiger partial charge in [-0.15, -0.1) is 0 Å². The maximum atomic E-state index is 9.92. The first-order valence-electron chi connectivity index (χ1n) is 7.90. The van der Waals surface area contributed by atoms with Gasteiger partial charge in [-0.05, 0) is 37.0 Å². The number of ether oxygens (including phenoxy) is 1. The smallest absolute Gasteiger partial charge is 0.0945 e. The first-order valence-corrected chi connectivity index (χ1v) is 7.90. The van der Waals surface area contributed by atoms with E-state index in [1.807, 2.05) is 0 Å². The van der Waals surface area contributed by atoms with E-state index in [0.29, 0.717) is 19.3 Å². The van der Waals surface area contributed by atoms with Crippen LogP contribution in [0.15, 0.2) is 24.3 Å². The Morgan fingerprint density at radius 1 is 1.25 bits per heavy atom. The van der Waals surface area contributed by atoms with Crippen molar-refractivity contribution in [1.82, 2.24) is 0 Å². The van der Waals surface area contributed by atoms with Gasteiger partial charge in [-0.2, -0.15) is 0 Å². The lowest BCUT2D eigenvalue weighted by Gasteiger charge is -2.16. The molecule has 0 heterocycles. The van der Waals surface area contributed by atoms with Gasteiger partial charge in [0.15, 0.2) is 0 Å². The van der Waals surface area contributed by atoms with Crippen molar-refractivity contribution in [2.75, 3.05) is 18.5 Å². The minimum Gasteiger partial charge on any atom is -0.389 e. The number of aliphatic hydroxyl groups is 1. The normalized spacial score (nSPS) is 17.3. The average molecular weight is 277 g/mol. The quantitative estimate of drug-likeness (QED) is 0.765. The second-order valence-corrected chi connectivity index (χ2v) is 5.72. The molecular formula is C17H27NO2. The van der Waals surface area contributed by atoms with Crippen LogP contribution in [0.3, 0.4) is 0 Å². The topological polar surface area (TPSA) is 41.5 Å². The molecule has 0 aliphatic heterocycles. The Balaban J connectivity index is 1.65. The molecule has 1 unspecified atom stereocenters. The molecule has 3 heteroatoms. The minimum atomic E-state index is -0.439. The van der Waals surface area contributed by atoms with Crippen LogP contribution >= 0.6 is 0 Å². The second-order valence-electron chi connectivity index (χ2n) is 5.72. The van der Waals surface area contributed by atoms with E-state index >= 15 is 0 Å². The highest BCUT2D eigenvalue weighted by Crippen LogP contribution is 2.21. The molecule has 0 aromatic heterocycles. The van der Waals surface area contributed by atoms with Crippen molar-refractivity contribution in [2.45, 2.75) is 57.7 Å². The van der Waals surface area contributed by atoms with Gasteiger partial charge in [0.1, 0.15) is 0 Å². The van der Waals surface area contributed by atoms with Gasteiger partial charge in [-0.3, -0.25) is 0 Å². The zero-order chi connectivity index (χ0) is 14.2. The number of hydrogen-bond acceptors (Lipinski definition) is 3. The zero-order valence-electron chi connectivity index (χ0n) is 12.5. The monoisotopic (exact) mass is 277 g/mol. The number of hydrogen-bond donors (Lipinski definition) is 2. The average Bonchev–Trinajstić information content (AvgIpc) is 2.98. The molecule has 112 valence electrons. The molecule has 1 aromatic carbocycles. The molecule has 0 spiro atoms. The minimum absolute atomic E-state index is 0.373. The molecule has 1 aromatic rings. The third-order valence-electron chi connectivity index (χ3n) is 3.86. The summed E-state index contributed by atoms with van der Waals surface area (Å²) in [7, 11) is 0. The summed E-state index contributed by atoms with van der Waals surface area (Å²) in [6.45, 7) is 3.16. The van der Waals surface area contributed by atoms with Crippen molar-refractivity contribution in [1.29, 1.82) is 0 Å². The van der Waals surface area contributed by atoms with Crippen LogP contribution in [-0.4, -0.2) is 30.5 Å². The van der Waals surface area contributed by atoms with Crippen LogP contribution in [0.25, 0.3) is 0 Å². The van der Waals surface area contributed by atoms with Crippen LogP contribution in [0.4, 0.5) is 5.69 Å². The lowest BCUT2D eigenvalue weighted by Crippen LogP contribution is -2.27. The molecule has 3 nitrogen and oxygen atoms in total. The SMILES string of the molecule is CCCc1ccc(NCC(O)COC2CCCC2)cc1. The molecule has 0 amide bonds. The van der Waals surface area contributed by atoms with Crippen molar-refractivity contribution >= 4 is 5.69 Å². The molecule has 1 aliphatic rings. The Morgan fingerprint density at radius 2 is 1.95 bits per heavy atom. The standard InChI is InChI=1S/C17H27NO2/c1-2-5-14-8-10-15(11-9-14)18-12-16(19)13-20-17-6-3-4-7-17/h8-11,16-19H,2-7,12-13H2,1H3. The van der Waals surface area contributed by atoms with Crippen molar-refractivity contribution < 1.29 is 9.84 Å². The van der Waals surface area contributed by atoms with Crippen molar-refractivity contribution in [3.05, 3.63) is 29.8 Å². The lowest BCUT2D eigenvalue weighted by atomic mass is 10.1. The van der Waals surface area contributed by atoms with Crippen molar-refractivity contribution in [3.63, 3.8) is 0 Å². The molecular weight excluding hydrogens is 250 g/mol. The van der Waals surface area contributed by atoms with E-state index < -0.39 is 6.10 Å². The first kappa shape index (κ1) is 15.3. The fourth-order valence-electron chi connectivity index (χ4n) is 2.67. The van der Waals surface area contributed by atoms with Gasteiger partial charge in [0, 0.05) is 12.2 Å². The summed E-state index contributed by atoms with van der Waals surface area (Å²) in [5.41, 5.74) is 2.42. The van der Waals surface area contributed by atoms with Gasteiger partial charge in [0.05, 0.1) is 18.8 Å². The van der Waals surface area contributed by atoms with Gasteiger partial charge in [0.25, 0.3) is 0 Å². The van der Waals surface area contributed by atoms with Crippen LogP contribution in [0.2, 0.25) is 0 Å². The maximum Gasteiger partial charge on any atom is 0.0945 e. The van der Waals surface area contributed by atoms with Gasteiger partial charge >= 0.3 is 0 Å². The van der Waals surface area contributed by atoms with Crippen LogP contribution in [0.1, 0.15) is 44.6 Å². The number of benzene rings is 1. The molecule has 0 bridgehead atoms. The van der Waals surface area contributed by atoms with E-state index in [1.165, 1.54) is 24.8 Å². The van der Waals surface area contributed by atoms with Crippen molar-refractivity contribution in [3.8, 4) is 0 Å². The molecule has 20 heavy (non-hydrogen) atoms. The maximum absolute atomic E-state index is 9.92. The molecule has 1 saturated carbocycles. The third-order valence-corrected chi connectivity index (χ3v) is 3.86. The summed E-state index contributed by atoms with van der Waals surface area (Å²) < 4.78 is 5.71. The van der Waals surface area contributed by atoms with E-state index in [1.54, 1.807) is 0 Å². The Kier molecular flexibility index (Phi) is 6.34. The number of aliphatic hydroxyl groups excluding tert-OH is 1.